The smallest absolute Gasteiger partial charge is 0.348 e. The average molecular weight is 245 g/mol. The SMILES string of the molecule is Nc1[nH]c(=O)nc(NC2CC2)c1Br. The van der Waals surface area contributed by atoms with Crippen LogP contribution in [0.1, 0.15) is 12.8 Å². The molecule has 6 heteroatoms. The highest BCUT2D eigenvalue weighted by Gasteiger charge is 2.23. The summed E-state index contributed by atoms with van der Waals surface area (Å²) >= 11 is 3.25. The van der Waals surface area contributed by atoms with Crippen molar-refractivity contribution in [3.8, 4) is 0 Å². The van der Waals surface area contributed by atoms with Gasteiger partial charge in [-0.3, -0.25) is 4.98 Å². The molecule has 1 saturated carbocycles. The molecule has 1 aromatic heterocycles. The Kier molecular flexibility index (Phi) is 1.99. The van der Waals surface area contributed by atoms with Gasteiger partial charge in [0.1, 0.15) is 16.1 Å². The zero-order valence-corrected chi connectivity index (χ0v) is 8.39. The molecular weight excluding hydrogens is 236 g/mol. The Labute approximate surface area is 82.9 Å². The standard InChI is InChI=1S/C7H9BrN4O/c8-4-5(9)11-7(13)12-6(4)10-3-1-2-3/h3H,1-2H2,(H4,9,10,11,12,13). The van der Waals surface area contributed by atoms with Crippen LogP contribution in [0.25, 0.3) is 0 Å². The van der Waals surface area contributed by atoms with Gasteiger partial charge in [0.05, 0.1) is 0 Å². The van der Waals surface area contributed by atoms with E-state index in [1.54, 1.807) is 0 Å². The van der Waals surface area contributed by atoms with Crippen LogP contribution in [0.3, 0.4) is 0 Å². The fourth-order valence-corrected chi connectivity index (χ4v) is 1.30. The average Bonchev–Trinajstić information content (AvgIpc) is 2.83. The van der Waals surface area contributed by atoms with E-state index in [2.05, 4.69) is 31.2 Å². The summed E-state index contributed by atoms with van der Waals surface area (Å²) in [4.78, 5) is 17.1. The first-order valence-corrected chi connectivity index (χ1v) is 4.78. The second-order valence-corrected chi connectivity index (χ2v) is 3.83. The van der Waals surface area contributed by atoms with Crippen molar-refractivity contribution in [2.24, 2.45) is 0 Å². The number of aromatic nitrogens is 2. The molecule has 13 heavy (non-hydrogen) atoms. The molecule has 0 bridgehead atoms. The number of anilines is 2. The zero-order valence-electron chi connectivity index (χ0n) is 6.80. The van der Waals surface area contributed by atoms with Gasteiger partial charge in [0.25, 0.3) is 0 Å². The third-order valence-electron chi connectivity index (χ3n) is 1.82. The number of aromatic amines is 1. The van der Waals surface area contributed by atoms with E-state index in [0.29, 0.717) is 22.2 Å². The maximum Gasteiger partial charge on any atom is 0.348 e. The lowest BCUT2D eigenvalue weighted by atomic mass is 10.5. The van der Waals surface area contributed by atoms with Gasteiger partial charge in [-0.1, -0.05) is 0 Å². The normalized spacial score (nSPS) is 15.8. The maximum absolute atomic E-state index is 11.0. The van der Waals surface area contributed by atoms with E-state index < -0.39 is 5.69 Å². The molecule has 5 nitrogen and oxygen atoms in total. The highest BCUT2D eigenvalue weighted by atomic mass is 79.9. The Bertz CT molecular complexity index is 385. The van der Waals surface area contributed by atoms with E-state index in [1.807, 2.05) is 0 Å². The third kappa shape index (κ3) is 1.82. The van der Waals surface area contributed by atoms with Crippen LogP contribution >= 0.6 is 15.9 Å². The minimum absolute atomic E-state index is 0.308. The summed E-state index contributed by atoms with van der Waals surface area (Å²) in [6.07, 6.45) is 2.25. The Balaban J connectivity index is 2.36. The molecule has 1 aromatic rings. The molecule has 1 heterocycles. The second kappa shape index (κ2) is 3.02. The molecule has 4 N–H and O–H groups in total. The first-order valence-electron chi connectivity index (χ1n) is 3.98. The number of hydrogen-bond donors (Lipinski definition) is 3. The van der Waals surface area contributed by atoms with Crippen LogP contribution in [0.5, 0.6) is 0 Å². The number of H-pyrrole nitrogens is 1. The van der Waals surface area contributed by atoms with Gasteiger partial charge in [-0.25, -0.2) is 4.79 Å². The Morgan fingerprint density at radius 2 is 2.31 bits per heavy atom. The summed E-state index contributed by atoms with van der Waals surface area (Å²) in [5.41, 5.74) is 5.11. The van der Waals surface area contributed by atoms with Crippen molar-refractivity contribution in [1.29, 1.82) is 0 Å². The van der Waals surface area contributed by atoms with Gasteiger partial charge in [0.15, 0.2) is 0 Å². The number of rotatable bonds is 2. The van der Waals surface area contributed by atoms with Gasteiger partial charge < -0.3 is 11.1 Å². The molecule has 0 aromatic carbocycles. The molecule has 1 aliphatic carbocycles. The molecule has 1 fully saturated rings. The van der Waals surface area contributed by atoms with Crippen molar-refractivity contribution in [1.82, 2.24) is 9.97 Å². The van der Waals surface area contributed by atoms with Crippen LogP contribution in [0.15, 0.2) is 9.27 Å². The van der Waals surface area contributed by atoms with Crippen LogP contribution in [0, 0.1) is 0 Å². The van der Waals surface area contributed by atoms with E-state index in [9.17, 15) is 4.79 Å². The van der Waals surface area contributed by atoms with Gasteiger partial charge in [-0.15, -0.1) is 0 Å². The van der Waals surface area contributed by atoms with E-state index in [1.165, 1.54) is 0 Å². The van der Waals surface area contributed by atoms with Gasteiger partial charge in [0.2, 0.25) is 0 Å². The Morgan fingerprint density at radius 1 is 1.62 bits per heavy atom. The minimum atomic E-state index is -0.427. The van der Waals surface area contributed by atoms with Gasteiger partial charge in [-0.2, -0.15) is 4.98 Å². The molecule has 2 rings (SSSR count). The first-order chi connectivity index (χ1) is 6.16. The number of hydrogen-bond acceptors (Lipinski definition) is 4. The van der Waals surface area contributed by atoms with Gasteiger partial charge in [-0.05, 0) is 28.8 Å². The summed E-state index contributed by atoms with van der Waals surface area (Å²) in [6, 6.07) is 0.449. The summed E-state index contributed by atoms with van der Waals surface area (Å²) in [5, 5.41) is 3.11. The van der Waals surface area contributed by atoms with Crippen molar-refractivity contribution in [3.05, 3.63) is 15.0 Å². The lowest BCUT2D eigenvalue weighted by Gasteiger charge is -2.06. The zero-order chi connectivity index (χ0) is 9.42. The predicted molar refractivity (Wildman–Crippen MR) is 53.6 cm³/mol. The molecule has 0 atom stereocenters. The monoisotopic (exact) mass is 244 g/mol. The highest BCUT2D eigenvalue weighted by molar-refractivity contribution is 9.10. The number of halogens is 1. The molecule has 0 spiro atoms. The van der Waals surface area contributed by atoms with Gasteiger partial charge >= 0.3 is 5.69 Å². The predicted octanol–water partition coefficient (Wildman–Crippen LogP) is 0.689. The fraction of sp³-hybridized carbons (Fsp3) is 0.429. The van der Waals surface area contributed by atoms with Crippen molar-refractivity contribution in [2.45, 2.75) is 18.9 Å². The van der Waals surface area contributed by atoms with E-state index in [0.717, 1.165) is 12.8 Å². The summed E-state index contributed by atoms with van der Waals surface area (Å²) in [6.45, 7) is 0. The second-order valence-electron chi connectivity index (χ2n) is 3.04. The molecule has 1 aliphatic rings. The van der Waals surface area contributed by atoms with Crippen molar-refractivity contribution < 1.29 is 0 Å². The summed E-state index contributed by atoms with van der Waals surface area (Å²) in [5.74, 6) is 0.840. The summed E-state index contributed by atoms with van der Waals surface area (Å²) in [7, 11) is 0. The van der Waals surface area contributed by atoms with E-state index in [4.69, 9.17) is 5.73 Å². The quantitative estimate of drug-likeness (QED) is 0.715. The Morgan fingerprint density at radius 3 is 2.92 bits per heavy atom. The number of nitrogens with one attached hydrogen (secondary N) is 2. The highest BCUT2D eigenvalue weighted by Crippen LogP contribution is 2.29. The summed E-state index contributed by atoms with van der Waals surface area (Å²) < 4.78 is 0.624. The first kappa shape index (κ1) is 8.55. The maximum atomic E-state index is 11.0. The molecular formula is C7H9BrN4O. The third-order valence-corrected chi connectivity index (χ3v) is 2.62. The van der Waals surface area contributed by atoms with Gasteiger partial charge in [0, 0.05) is 6.04 Å². The number of nitrogen functional groups attached to an aromatic ring is 1. The van der Waals surface area contributed by atoms with Crippen molar-refractivity contribution in [3.63, 3.8) is 0 Å². The molecule has 70 valence electrons. The van der Waals surface area contributed by atoms with E-state index >= 15 is 0 Å². The largest absolute Gasteiger partial charge is 0.384 e. The van der Waals surface area contributed by atoms with Crippen LogP contribution in [-0.4, -0.2) is 16.0 Å². The van der Waals surface area contributed by atoms with E-state index in [-0.39, 0.29) is 0 Å². The topological polar surface area (TPSA) is 83.8 Å². The number of nitrogens with two attached hydrogens (primary N) is 1. The van der Waals surface area contributed by atoms with Crippen molar-refractivity contribution >= 4 is 27.6 Å². The van der Waals surface area contributed by atoms with Crippen LogP contribution < -0.4 is 16.7 Å². The Hall–Kier alpha value is -1.04. The lowest BCUT2D eigenvalue weighted by Crippen LogP contribution is -2.17. The molecule has 0 unspecified atom stereocenters. The minimum Gasteiger partial charge on any atom is -0.384 e. The van der Waals surface area contributed by atoms with Crippen LogP contribution in [0.4, 0.5) is 11.6 Å². The molecule has 0 radical (unpaired) electrons. The van der Waals surface area contributed by atoms with Crippen LogP contribution in [0.2, 0.25) is 0 Å². The number of nitrogens with zero attached hydrogens (tertiary/aromatic N) is 1. The molecule has 0 aliphatic heterocycles. The van der Waals surface area contributed by atoms with Crippen molar-refractivity contribution in [2.75, 3.05) is 11.1 Å². The molecule has 0 amide bonds. The van der Waals surface area contributed by atoms with Crippen LogP contribution in [-0.2, 0) is 0 Å². The fourth-order valence-electron chi connectivity index (χ4n) is 0.993. The lowest BCUT2D eigenvalue weighted by molar-refractivity contribution is 1.03. The molecule has 0 saturated heterocycles.